The predicted octanol–water partition coefficient (Wildman–Crippen LogP) is 4.09. The van der Waals surface area contributed by atoms with Crippen LogP contribution in [0.25, 0.3) is 11.1 Å². The number of halogens is 1. The highest BCUT2D eigenvalue weighted by Gasteiger charge is 2.37. The van der Waals surface area contributed by atoms with Crippen molar-refractivity contribution >= 4 is 40.6 Å². The SMILES string of the molecule is COCc1nn2c(c1-c1cccc(Cl)c1)NC(=O)C2CC(=O)Nc1cc([N+](=O)[O-])ccc1C. The maximum Gasteiger partial charge on any atom is 0.271 e. The van der Waals surface area contributed by atoms with Gasteiger partial charge in [0.1, 0.15) is 11.9 Å². The van der Waals surface area contributed by atoms with Crippen molar-refractivity contribution in [2.24, 2.45) is 0 Å². The monoisotopic (exact) mass is 469 g/mol. The van der Waals surface area contributed by atoms with Crippen LogP contribution in [0.5, 0.6) is 0 Å². The molecule has 170 valence electrons. The number of fused-ring (bicyclic) bond motifs is 1. The molecule has 0 spiro atoms. The highest BCUT2D eigenvalue weighted by atomic mass is 35.5. The van der Waals surface area contributed by atoms with E-state index in [1.54, 1.807) is 31.2 Å². The number of ether oxygens (including phenoxy) is 1. The van der Waals surface area contributed by atoms with Gasteiger partial charge in [0.15, 0.2) is 0 Å². The molecular weight excluding hydrogens is 450 g/mol. The summed E-state index contributed by atoms with van der Waals surface area (Å²) in [7, 11) is 1.54. The van der Waals surface area contributed by atoms with Gasteiger partial charge in [-0.1, -0.05) is 29.8 Å². The first-order valence-electron chi connectivity index (χ1n) is 10.0. The summed E-state index contributed by atoms with van der Waals surface area (Å²) < 4.78 is 6.75. The van der Waals surface area contributed by atoms with E-state index in [0.29, 0.717) is 33.3 Å². The lowest BCUT2D eigenvalue weighted by molar-refractivity contribution is -0.384. The molecule has 0 saturated carbocycles. The highest BCUT2D eigenvalue weighted by molar-refractivity contribution is 6.30. The number of non-ortho nitro benzene ring substituents is 1. The molecule has 2 N–H and O–H groups in total. The summed E-state index contributed by atoms with van der Waals surface area (Å²) in [4.78, 5) is 36.0. The number of hydrogen-bond acceptors (Lipinski definition) is 6. The Balaban J connectivity index is 1.62. The minimum absolute atomic E-state index is 0.140. The average Bonchev–Trinajstić information content (AvgIpc) is 3.24. The summed E-state index contributed by atoms with van der Waals surface area (Å²) >= 11 is 6.15. The van der Waals surface area contributed by atoms with E-state index >= 15 is 0 Å². The second-order valence-corrected chi connectivity index (χ2v) is 8.01. The van der Waals surface area contributed by atoms with Gasteiger partial charge in [0.2, 0.25) is 5.91 Å². The minimum atomic E-state index is -0.887. The van der Waals surface area contributed by atoms with Crippen molar-refractivity contribution < 1.29 is 19.2 Å². The van der Waals surface area contributed by atoms with Gasteiger partial charge in [0.25, 0.3) is 11.6 Å². The molecule has 1 aromatic heterocycles. The number of nitrogens with zero attached hydrogens (tertiary/aromatic N) is 3. The Hall–Kier alpha value is -3.76. The van der Waals surface area contributed by atoms with Crippen molar-refractivity contribution in [2.45, 2.75) is 26.0 Å². The van der Waals surface area contributed by atoms with Crippen LogP contribution in [0, 0.1) is 17.0 Å². The van der Waals surface area contributed by atoms with Gasteiger partial charge in [-0.2, -0.15) is 5.10 Å². The Bertz CT molecular complexity index is 1270. The number of nitro groups is 1. The number of methoxy groups -OCH3 is 1. The Morgan fingerprint density at radius 1 is 1.33 bits per heavy atom. The van der Waals surface area contributed by atoms with Crippen LogP contribution >= 0.6 is 11.6 Å². The molecular formula is C22H20ClN5O5. The van der Waals surface area contributed by atoms with Crippen LogP contribution in [0.2, 0.25) is 5.02 Å². The number of rotatable bonds is 7. The van der Waals surface area contributed by atoms with Gasteiger partial charge in [0, 0.05) is 29.8 Å². The van der Waals surface area contributed by atoms with E-state index in [-0.39, 0.29) is 24.6 Å². The maximum atomic E-state index is 12.7. The Labute approximate surface area is 193 Å². The Kier molecular flexibility index (Phi) is 6.12. The molecule has 1 aliphatic heterocycles. The minimum Gasteiger partial charge on any atom is -0.378 e. The number of carbonyl (C=O) groups excluding carboxylic acids is 2. The zero-order valence-electron chi connectivity index (χ0n) is 17.8. The number of benzene rings is 2. The smallest absolute Gasteiger partial charge is 0.271 e. The summed E-state index contributed by atoms with van der Waals surface area (Å²) in [5, 5.41) is 21.6. The largest absolute Gasteiger partial charge is 0.378 e. The molecule has 1 atom stereocenters. The summed E-state index contributed by atoms with van der Waals surface area (Å²) in [6.07, 6.45) is -0.204. The lowest BCUT2D eigenvalue weighted by Crippen LogP contribution is -2.24. The van der Waals surface area contributed by atoms with Crippen molar-refractivity contribution in [3.05, 3.63) is 68.9 Å². The number of nitrogens with one attached hydrogen (secondary N) is 2. The van der Waals surface area contributed by atoms with Gasteiger partial charge in [-0.15, -0.1) is 0 Å². The van der Waals surface area contributed by atoms with E-state index in [1.807, 2.05) is 6.07 Å². The first kappa shape index (κ1) is 22.4. The zero-order chi connectivity index (χ0) is 23.7. The van der Waals surface area contributed by atoms with Crippen LogP contribution in [0.4, 0.5) is 17.2 Å². The number of nitro benzene ring substituents is 1. The molecule has 33 heavy (non-hydrogen) atoms. The van der Waals surface area contributed by atoms with Crippen LogP contribution in [0.3, 0.4) is 0 Å². The van der Waals surface area contributed by atoms with Crippen LogP contribution in [0.1, 0.15) is 23.7 Å². The lowest BCUT2D eigenvalue weighted by Gasteiger charge is -2.11. The fourth-order valence-electron chi connectivity index (χ4n) is 3.74. The Morgan fingerprint density at radius 2 is 2.12 bits per heavy atom. The second kappa shape index (κ2) is 9.00. The molecule has 0 fully saturated rings. The van der Waals surface area contributed by atoms with Crippen molar-refractivity contribution in [3.63, 3.8) is 0 Å². The Morgan fingerprint density at radius 3 is 2.82 bits per heavy atom. The first-order chi connectivity index (χ1) is 15.8. The first-order valence-corrected chi connectivity index (χ1v) is 10.4. The van der Waals surface area contributed by atoms with Crippen molar-refractivity contribution in [2.75, 3.05) is 17.7 Å². The molecule has 2 heterocycles. The topological polar surface area (TPSA) is 128 Å². The standard InChI is InChI=1S/C22H20ClN5O5/c1-12-6-7-15(28(31)32)9-16(12)24-19(29)10-18-22(30)25-21-20(13-4-3-5-14(23)8-13)17(11-33-2)26-27(18)21/h3-9,18H,10-11H2,1-2H3,(H,24,29)(H,25,30). The molecule has 1 aliphatic rings. The van der Waals surface area contributed by atoms with Crippen LogP contribution in [-0.2, 0) is 20.9 Å². The number of anilines is 2. The van der Waals surface area contributed by atoms with E-state index in [9.17, 15) is 19.7 Å². The van der Waals surface area contributed by atoms with Gasteiger partial charge in [-0.05, 0) is 30.2 Å². The normalized spacial score (nSPS) is 14.6. The molecule has 0 radical (unpaired) electrons. The van der Waals surface area contributed by atoms with Crippen LogP contribution in [0.15, 0.2) is 42.5 Å². The number of hydrogen-bond donors (Lipinski definition) is 2. The quantitative estimate of drug-likeness (QED) is 0.396. The zero-order valence-corrected chi connectivity index (χ0v) is 18.5. The number of aromatic nitrogens is 2. The lowest BCUT2D eigenvalue weighted by atomic mass is 10.1. The summed E-state index contributed by atoms with van der Waals surface area (Å²) in [6, 6.07) is 10.5. The van der Waals surface area contributed by atoms with Gasteiger partial charge in [-0.25, -0.2) is 4.68 Å². The number of aryl methyl sites for hydroxylation is 1. The van der Waals surface area contributed by atoms with Crippen molar-refractivity contribution in [1.82, 2.24) is 9.78 Å². The predicted molar refractivity (Wildman–Crippen MR) is 122 cm³/mol. The van der Waals surface area contributed by atoms with Gasteiger partial charge in [-0.3, -0.25) is 19.7 Å². The molecule has 2 amide bonds. The molecule has 0 bridgehead atoms. The molecule has 0 saturated heterocycles. The fourth-order valence-corrected chi connectivity index (χ4v) is 3.93. The summed E-state index contributed by atoms with van der Waals surface area (Å²) in [6.45, 7) is 1.92. The van der Waals surface area contributed by atoms with Gasteiger partial charge in [0.05, 0.1) is 29.3 Å². The third-order valence-corrected chi connectivity index (χ3v) is 5.54. The molecule has 4 rings (SSSR count). The van der Waals surface area contributed by atoms with E-state index in [4.69, 9.17) is 16.3 Å². The van der Waals surface area contributed by atoms with E-state index in [0.717, 1.165) is 5.56 Å². The second-order valence-electron chi connectivity index (χ2n) is 7.57. The molecule has 3 aromatic rings. The van der Waals surface area contributed by atoms with Crippen LogP contribution in [-0.4, -0.2) is 33.6 Å². The van der Waals surface area contributed by atoms with Crippen molar-refractivity contribution in [1.29, 1.82) is 0 Å². The molecule has 10 nitrogen and oxygen atoms in total. The number of carbonyl (C=O) groups is 2. The van der Waals surface area contributed by atoms with E-state index in [1.165, 1.54) is 23.9 Å². The highest BCUT2D eigenvalue weighted by Crippen LogP contribution is 2.39. The molecule has 0 aliphatic carbocycles. The molecule has 2 aromatic carbocycles. The van der Waals surface area contributed by atoms with Crippen LogP contribution < -0.4 is 10.6 Å². The summed E-state index contributed by atoms with van der Waals surface area (Å²) in [5.41, 5.74) is 2.86. The summed E-state index contributed by atoms with van der Waals surface area (Å²) in [5.74, 6) is -0.394. The van der Waals surface area contributed by atoms with Crippen molar-refractivity contribution in [3.8, 4) is 11.1 Å². The third kappa shape index (κ3) is 4.43. The maximum absolute atomic E-state index is 12.7. The van der Waals surface area contributed by atoms with Gasteiger partial charge >= 0.3 is 0 Å². The van der Waals surface area contributed by atoms with E-state index < -0.39 is 16.9 Å². The number of amides is 2. The fraction of sp³-hybridized carbons (Fsp3) is 0.227. The van der Waals surface area contributed by atoms with E-state index in [2.05, 4.69) is 15.7 Å². The molecule has 1 unspecified atom stereocenters. The van der Waals surface area contributed by atoms with Gasteiger partial charge < -0.3 is 15.4 Å². The molecule has 11 heteroatoms. The third-order valence-electron chi connectivity index (χ3n) is 5.30. The average molecular weight is 470 g/mol.